The van der Waals surface area contributed by atoms with Gasteiger partial charge in [0.2, 0.25) is 5.88 Å². The highest BCUT2D eigenvalue weighted by Gasteiger charge is 2.14. The van der Waals surface area contributed by atoms with E-state index in [2.05, 4.69) is 10.3 Å². The molecule has 0 saturated heterocycles. The lowest BCUT2D eigenvalue weighted by Gasteiger charge is -2.07. The number of hydrogen-bond donors (Lipinski definition) is 1. The minimum atomic E-state index is -0.473. The Labute approximate surface area is 149 Å². The average Bonchev–Trinajstić information content (AvgIpc) is 2.67. The first-order valence-corrected chi connectivity index (χ1v) is 7.83. The van der Waals surface area contributed by atoms with Crippen LogP contribution in [0.2, 0.25) is 0 Å². The van der Waals surface area contributed by atoms with Crippen molar-refractivity contribution < 1.29 is 14.5 Å². The summed E-state index contributed by atoms with van der Waals surface area (Å²) in [7, 11) is 0. The summed E-state index contributed by atoms with van der Waals surface area (Å²) in [5.41, 5.74) is 0.740. The highest BCUT2D eigenvalue weighted by molar-refractivity contribution is 5.93. The minimum Gasteiger partial charge on any atom is -0.439 e. The summed E-state index contributed by atoms with van der Waals surface area (Å²) in [6.45, 7) is 0.0538. The van der Waals surface area contributed by atoms with Crippen molar-refractivity contribution >= 4 is 11.6 Å². The van der Waals surface area contributed by atoms with E-state index in [1.807, 2.05) is 18.2 Å². The van der Waals surface area contributed by atoms with Gasteiger partial charge in [0.05, 0.1) is 10.5 Å². The van der Waals surface area contributed by atoms with Crippen LogP contribution in [0, 0.1) is 10.1 Å². The Morgan fingerprint density at radius 2 is 1.77 bits per heavy atom. The van der Waals surface area contributed by atoms with Gasteiger partial charge < -0.3 is 10.1 Å². The monoisotopic (exact) mass is 349 g/mol. The largest absolute Gasteiger partial charge is 0.439 e. The average molecular weight is 349 g/mol. The Morgan fingerprint density at radius 3 is 2.46 bits per heavy atom. The lowest BCUT2D eigenvalue weighted by atomic mass is 10.1. The standard InChI is InChI=1S/C19H15N3O4/c23-19(21-12-14-6-4-5-9-17(14)22(24)25)15-10-11-18(20-13-15)26-16-7-2-1-3-8-16/h1-11,13H,12H2,(H,21,23). The first-order chi connectivity index (χ1) is 12.6. The van der Waals surface area contributed by atoms with Gasteiger partial charge in [0.25, 0.3) is 11.6 Å². The number of hydrogen-bond acceptors (Lipinski definition) is 5. The molecule has 0 spiro atoms. The van der Waals surface area contributed by atoms with Crippen molar-refractivity contribution in [2.75, 3.05) is 0 Å². The molecule has 3 aromatic rings. The Balaban J connectivity index is 1.63. The molecule has 26 heavy (non-hydrogen) atoms. The summed E-state index contributed by atoms with van der Waals surface area (Å²) < 4.78 is 5.57. The SMILES string of the molecule is O=C(NCc1ccccc1[N+](=O)[O-])c1ccc(Oc2ccccc2)nc1. The topological polar surface area (TPSA) is 94.4 Å². The number of aromatic nitrogens is 1. The zero-order chi connectivity index (χ0) is 18.4. The summed E-state index contributed by atoms with van der Waals surface area (Å²) in [5.74, 6) is 0.641. The number of carbonyl (C=O) groups excluding carboxylic acids is 1. The van der Waals surface area contributed by atoms with Crippen LogP contribution in [0.25, 0.3) is 0 Å². The molecule has 0 fully saturated rings. The number of para-hydroxylation sites is 2. The number of benzene rings is 2. The summed E-state index contributed by atoms with van der Waals surface area (Å²) >= 11 is 0. The summed E-state index contributed by atoms with van der Waals surface area (Å²) in [6.07, 6.45) is 1.40. The van der Waals surface area contributed by atoms with Crippen molar-refractivity contribution in [3.63, 3.8) is 0 Å². The third-order valence-corrected chi connectivity index (χ3v) is 3.59. The Morgan fingerprint density at radius 1 is 1.04 bits per heavy atom. The predicted molar refractivity (Wildman–Crippen MR) is 95.0 cm³/mol. The second kappa shape index (κ2) is 7.89. The van der Waals surface area contributed by atoms with Gasteiger partial charge in [-0.15, -0.1) is 0 Å². The number of amides is 1. The molecule has 0 aliphatic carbocycles. The third-order valence-electron chi connectivity index (χ3n) is 3.59. The molecule has 0 aliphatic heterocycles. The first-order valence-electron chi connectivity index (χ1n) is 7.83. The molecule has 7 heteroatoms. The maximum Gasteiger partial charge on any atom is 0.274 e. The van der Waals surface area contributed by atoms with Crippen LogP contribution in [0.5, 0.6) is 11.6 Å². The quantitative estimate of drug-likeness (QED) is 0.541. The van der Waals surface area contributed by atoms with Crippen molar-refractivity contribution in [2.24, 2.45) is 0 Å². The zero-order valence-electron chi connectivity index (χ0n) is 13.7. The van der Waals surface area contributed by atoms with E-state index in [4.69, 9.17) is 4.74 Å². The number of nitrogens with zero attached hydrogens (tertiary/aromatic N) is 2. The third kappa shape index (κ3) is 4.21. The van der Waals surface area contributed by atoms with Crippen LogP contribution >= 0.6 is 0 Å². The molecule has 0 saturated carbocycles. The van der Waals surface area contributed by atoms with E-state index < -0.39 is 4.92 Å². The number of nitrogens with one attached hydrogen (secondary N) is 1. The fourth-order valence-corrected chi connectivity index (χ4v) is 2.30. The van der Waals surface area contributed by atoms with Gasteiger partial charge in [-0.1, -0.05) is 36.4 Å². The normalized spacial score (nSPS) is 10.2. The Hall–Kier alpha value is -3.74. The second-order valence-electron chi connectivity index (χ2n) is 5.37. The second-order valence-corrected chi connectivity index (χ2v) is 5.37. The molecule has 0 bridgehead atoms. The molecule has 1 amide bonds. The number of pyridine rings is 1. The van der Waals surface area contributed by atoms with Crippen LogP contribution in [-0.4, -0.2) is 15.8 Å². The molecular formula is C19H15N3O4. The first kappa shape index (κ1) is 17.1. The maximum absolute atomic E-state index is 12.2. The number of rotatable bonds is 6. The number of carbonyl (C=O) groups is 1. The highest BCUT2D eigenvalue weighted by atomic mass is 16.6. The fourth-order valence-electron chi connectivity index (χ4n) is 2.30. The molecule has 0 aliphatic rings. The van der Waals surface area contributed by atoms with Crippen LogP contribution in [0.4, 0.5) is 5.69 Å². The summed E-state index contributed by atoms with van der Waals surface area (Å²) in [5, 5.41) is 13.6. The Bertz CT molecular complexity index is 912. The van der Waals surface area contributed by atoms with Crippen LogP contribution in [0.3, 0.4) is 0 Å². The molecule has 0 radical (unpaired) electrons. The molecule has 2 aromatic carbocycles. The van der Waals surface area contributed by atoms with E-state index in [0.717, 1.165) is 0 Å². The van der Waals surface area contributed by atoms with Gasteiger partial charge in [-0.05, 0) is 18.2 Å². The van der Waals surface area contributed by atoms with E-state index in [0.29, 0.717) is 22.8 Å². The van der Waals surface area contributed by atoms with Gasteiger partial charge in [-0.2, -0.15) is 0 Å². The number of nitro benzene ring substituents is 1. The molecule has 1 N–H and O–H groups in total. The van der Waals surface area contributed by atoms with Crippen molar-refractivity contribution in [3.05, 3.63) is 94.2 Å². The van der Waals surface area contributed by atoms with E-state index in [1.165, 1.54) is 12.3 Å². The summed E-state index contributed by atoms with van der Waals surface area (Å²) in [6, 6.07) is 18.6. The van der Waals surface area contributed by atoms with E-state index in [9.17, 15) is 14.9 Å². The van der Waals surface area contributed by atoms with Crippen LogP contribution in [0.15, 0.2) is 72.9 Å². The highest BCUT2D eigenvalue weighted by Crippen LogP contribution is 2.19. The lowest BCUT2D eigenvalue weighted by molar-refractivity contribution is -0.385. The Kier molecular flexibility index (Phi) is 5.19. The minimum absolute atomic E-state index is 0.0301. The van der Waals surface area contributed by atoms with E-state index in [-0.39, 0.29) is 18.1 Å². The van der Waals surface area contributed by atoms with Gasteiger partial charge in [0.15, 0.2) is 0 Å². The zero-order valence-corrected chi connectivity index (χ0v) is 13.7. The molecule has 7 nitrogen and oxygen atoms in total. The van der Waals surface area contributed by atoms with Crippen molar-refractivity contribution in [1.29, 1.82) is 0 Å². The van der Waals surface area contributed by atoms with Gasteiger partial charge in [-0.3, -0.25) is 14.9 Å². The number of nitro groups is 1. The molecule has 130 valence electrons. The number of ether oxygens (including phenoxy) is 1. The van der Waals surface area contributed by atoms with Crippen LogP contribution in [-0.2, 0) is 6.54 Å². The molecule has 0 unspecified atom stereocenters. The summed E-state index contributed by atoms with van der Waals surface area (Å²) in [4.78, 5) is 26.8. The van der Waals surface area contributed by atoms with Crippen molar-refractivity contribution in [2.45, 2.75) is 6.54 Å². The molecule has 1 aromatic heterocycles. The van der Waals surface area contributed by atoms with Gasteiger partial charge in [0.1, 0.15) is 5.75 Å². The molecular weight excluding hydrogens is 334 g/mol. The molecule has 3 rings (SSSR count). The van der Waals surface area contributed by atoms with Gasteiger partial charge in [0, 0.05) is 30.4 Å². The fraction of sp³-hybridized carbons (Fsp3) is 0.0526. The maximum atomic E-state index is 12.2. The van der Waals surface area contributed by atoms with Gasteiger partial charge >= 0.3 is 0 Å². The van der Waals surface area contributed by atoms with Crippen molar-refractivity contribution in [1.82, 2.24) is 10.3 Å². The van der Waals surface area contributed by atoms with Gasteiger partial charge in [-0.25, -0.2) is 4.98 Å². The lowest BCUT2D eigenvalue weighted by Crippen LogP contribution is -2.23. The van der Waals surface area contributed by atoms with E-state index >= 15 is 0 Å². The molecule has 1 heterocycles. The van der Waals surface area contributed by atoms with Crippen LogP contribution < -0.4 is 10.1 Å². The smallest absolute Gasteiger partial charge is 0.274 e. The van der Waals surface area contributed by atoms with Crippen molar-refractivity contribution in [3.8, 4) is 11.6 Å². The predicted octanol–water partition coefficient (Wildman–Crippen LogP) is 3.71. The van der Waals surface area contributed by atoms with Crippen LogP contribution in [0.1, 0.15) is 15.9 Å². The molecule has 0 atom stereocenters. The van der Waals surface area contributed by atoms with E-state index in [1.54, 1.807) is 42.5 Å².